The molecular formula is C22H19FN4O4S. The van der Waals surface area contributed by atoms with Crippen molar-refractivity contribution in [3.63, 3.8) is 0 Å². The van der Waals surface area contributed by atoms with Crippen LogP contribution in [0.15, 0.2) is 66.0 Å². The number of amides is 1. The van der Waals surface area contributed by atoms with Gasteiger partial charge in [-0.3, -0.25) is 9.78 Å². The van der Waals surface area contributed by atoms with Gasteiger partial charge in [0.2, 0.25) is 0 Å². The van der Waals surface area contributed by atoms with Crippen molar-refractivity contribution in [3.05, 3.63) is 78.0 Å². The van der Waals surface area contributed by atoms with Crippen molar-refractivity contribution in [2.24, 2.45) is 0 Å². The molecule has 0 aliphatic heterocycles. The van der Waals surface area contributed by atoms with Gasteiger partial charge < -0.3 is 10.1 Å². The van der Waals surface area contributed by atoms with Crippen LogP contribution >= 0.6 is 0 Å². The molecular weight excluding hydrogens is 435 g/mol. The van der Waals surface area contributed by atoms with Crippen molar-refractivity contribution in [1.82, 2.24) is 20.1 Å². The molecule has 0 aliphatic rings. The monoisotopic (exact) mass is 454 g/mol. The maximum absolute atomic E-state index is 13.2. The highest BCUT2D eigenvalue weighted by Gasteiger charge is 2.16. The van der Waals surface area contributed by atoms with E-state index in [0.717, 1.165) is 6.26 Å². The summed E-state index contributed by atoms with van der Waals surface area (Å²) >= 11 is 0. The lowest BCUT2D eigenvalue weighted by Gasteiger charge is -2.11. The Morgan fingerprint density at radius 1 is 1.12 bits per heavy atom. The molecule has 1 amide bonds. The number of pyridine rings is 1. The second-order valence-electron chi connectivity index (χ2n) is 7.08. The van der Waals surface area contributed by atoms with Crippen LogP contribution in [0.2, 0.25) is 0 Å². The van der Waals surface area contributed by atoms with Crippen molar-refractivity contribution >= 4 is 26.6 Å². The molecule has 0 saturated heterocycles. The summed E-state index contributed by atoms with van der Waals surface area (Å²) < 4.78 is 43.6. The van der Waals surface area contributed by atoms with E-state index < -0.39 is 9.84 Å². The van der Waals surface area contributed by atoms with Crippen molar-refractivity contribution in [1.29, 1.82) is 0 Å². The minimum atomic E-state index is -3.38. The van der Waals surface area contributed by atoms with Crippen LogP contribution in [0.5, 0.6) is 5.75 Å². The third-order valence-corrected chi connectivity index (χ3v) is 6.05. The Morgan fingerprint density at radius 2 is 1.88 bits per heavy atom. The maximum Gasteiger partial charge on any atom is 0.253 e. The number of carbonyl (C=O) groups is 1. The van der Waals surface area contributed by atoms with Gasteiger partial charge in [-0.15, -0.1) is 0 Å². The Morgan fingerprint density at radius 3 is 2.56 bits per heavy atom. The van der Waals surface area contributed by atoms with E-state index in [-0.39, 0.29) is 23.2 Å². The van der Waals surface area contributed by atoms with Gasteiger partial charge in [0.15, 0.2) is 9.84 Å². The van der Waals surface area contributed by atoms with Crippen LogP contribution in [0.4, 0.5) is 4.39 Å². The SMILES string of the molecule is COc1cc(S(C)(=O)=O)ccc1CNC(=O)c1cncc2c1cnn2-c1ccc(F)cc1. The number of fused-ring (bicyclic) bond motifs is 1. The van der Waals surface area contributed by atoms with Gasteiger partial charge in [-0.25, -0.2) is 17.5 Å². The van der Waals surface area contributed by atoms with Crippen molar-refractivity contribution in [2.45, 2.75) is 11.4 Å². The molecule has 0 fully saturated rings. The first kappa shape index (κ1) is 21.4. The average Bonchev–Trinajstić information content (AvgIpc) is 3.21. The lowest BCUT2D eigenvalue weighted by molar-refractivity contribution is 0.0952. The fraction of sp³-hybridized carbons (Fsp3) is 0.136. The zero-order valence-corrected chi connectivity index (χ0v) is 18.1. The lowest BCUT2D eigenvalue weighted by Crippen LogP contribution is -2.23. The summed E-state index contributed by atoms with van der Waals surface area (Å²) in [5.74, 6) is -0.381. The van der Waals surface area contributed by atoms with E-state index in [2.05, 4.69) is 15.4 Å². The predicted octanol–water partition coefficient (Wildman–Crippen LogP) is 2.90. The number of benzene rings is 2. The second-order valence-corrected chi connectivity index (χ2v) is 9.10. The van der Waals surface area contributed by atoms with Crippen molar-refractivity contribution < 1.29 is 22.3 Å². The van der Waals surface area contributed by atoms with Crippen molar-refractivity contribution in [3.8, 4) is 11.4 Å². The maximum atomic E-state index is 13.2. The summed E-state index contributed by atoms with van der Waals surface area (Å²) in [7, 11) is -1.95. The van der Waals surface area contributed by atoms with Gasteiger partial charge in [-0.2, -0.15) is 5.10 Å². The van der Waals surface area contributed by atoms with Crippen molar-refractivity contribution in [2.75, 3.05) is 13.4 Å². The Kier molecular flexibility index (Phi) is 5.62. The number of aromatic nitrogens is 3. The Balaban J connectivity index is 1.59. The fourth-order valence-corrected chi connectivity index (χ4v) is 3.92. The summed E-state index contributed by atoms with van der Waals surface area (Å²) in [5.41, 5.74) is 2.17. The summed E-state index contributed by atoms with van der Waals surface area (Å²) in [5, 5.41) is 7.70. The van der Waals surface area contributed by atoms with Crippen LogP contribution in [0.3, 0.4) is 0 Å². The average molecular weight is 454 g/mol. The summed E-state index contributed by atoms with van der Waals surface area (Å²) in [4.78, 5) is 17.2. The van der Waals surface area contributed by atoms with Gasteiger partial charge >= 0.3 is 0 Å². The standard InChI is InChI=1S/C22H19FN4O4S/c1-31-21-9-17(32(2,29)30)8-3-14(21)10-25-22(28)19-11-24-13-20-18(19)12-26-27(20)16-6-4-15(23)5-7-16/h3-9,11-13H,10H2,1-2H3,(H,25,28). The van der Waals surface area contributed by atoms with Gasteiger partial charge in [-0.1, -0.05) is 6.07 Å². The Labute approximate surface area is 183 Å². The van der Waals surface area contributed by atoms with Gasteiger partial charge in [0.05, 0.1) is 41.2 Å². The van der Waals surface area contributed by atoms with Crippen LogP contribution in [0, 0.1) is 5.82 Å². The van der Waals surface area contributed by atoms with Crippen LogP contribution in [-0.4, -0.2) is 42.5 Å². The fourth-order valence-electron chi connectivity index (χ4n) is 3.28. The third-order valence-electron chi connectivity index (χ3n) is 4.94. The highest BCUT2D eigenvalue weighted by Crippen LogP contribution is 2.24. The molecule has 2 aromatic heterocycles. The van der Waals surface area contributed by atoms with E-state index in [0.29, 0.717) is 33.5 Å². The molecule has 0 aliphatic carbocycles. The number of hydrogen-bond donors (Lipinski definition) is 1. The molecule has 0 unspecified atom stereocenters. The van der Waals surface area contributed by atoms with E-state index >= 15 is 0 Å². The predicted molar refractivity (Wildman–Crippen MR) is 116 cm³/mol. The second kappa shape index (κ2) is 8.39. The number of halogens is 1. The van der Waals surface area contributed by atoms with E-state index in [4.69, 9.17) is 4.74 Å². The van der Waals surface area contributed by atoms with Crippen LogP contribution in [0.1, 0.15) is 15.9 Å². The van der Waals surface area contributed by atoms with Crippen LogP contribution in [0.25, 0.3) is 16.6 Å². The minimum Gasteiger partial charge on any atom is -0.496 e. The molecule has 0 spiro atoms. The quantitative estimate of drug-likeness (QED) is 0.481. The number of nitrogens with one attached hydrogen (secondary N) is 1. The smallest absolute Gasteiger partial charge is 0.253 e. The lowest BCUT2D eigenvalue weighted by atomic mass is 10.1. The largest absolute Gasteiger partial charge is 0.496 e. The Bertz CT molecular complexity index is 1420. The molecule has 10 heteroatoms. The summed E-state index contributed by atoms with van der Waals surface area (Å²) in [6, 6.07) is 10.3. The highest BCUT2D eigenvalue weighted by atomic mass is 32.2. The number of rotatable bonds is 6. The van der Waals surface area contributed by atoms with Crippen LogP contribution in [-0.2, 0) is 16.4 Å². The minimum absolute atomic E-state index is 0.120. The van der Waals surface area contributed by atoms with Gasteiger partial charge in [0, 0.05) is 29.9 Å². The topological polar surface area (TPSA) is 103 Å². The molecule has 2 aromatic carbocycles. The molecule has 1 N–H and O–H groups in total. The molecule has 4 rings (SSSR count). The zero-order chi connectivity index (χ0) is 22.9. The number of sulfone groups is 1. The number of carbonyl (C=O) groups excluding carboxylic acids is 1. The molecule has 164 valence electrons. The van der Waals surface area contributed by atoms with Gasteiger partial charge in [0.25, 0.3) is 5.91 Å². The number of methoxy groups -OCH3 is 1. The van der Waals surface area contributed by atoms with Gasteiger partial charge in [-0.05, 0) is 36.4 Å². The molecule has 0 saturated carbocycles. The molecule has 2 heterocycles. The summed E-state index contributed by atoms with van der Waals surface area (Å²) in [6.07, 6.45) is 5.69. The zero-order valence-electron chi connectivity index (χ0n) is 17.2. The molecule has 0 atom stereocenters. The third kappa shape index (κ3) is 4.17. The number of nitrogens with zero attached hydrogens (tertiary/aromatic N) is 3. The van der Waals surface area contributed by atoms with E-state index in [1.54, 1.807) is 35.3 Å². The first-order chi connectivity index (χ1) is 15.3. The number of hydrogen-bond acceptors (Lipinski definition) is 6. The first-order valence-electron chi connectivity index (χ1n) is 9.51. The van der Waals surface area contributed by atoms with Crippen LogP contribution < -0.4 is 10.1 Å². The molecule has 0 radical (unpaired) electrons. The molecule has 4 aromatic rings. The Hall–Kier alpha value is -3.79. The highest BCUT2D eigenvalue weighted by molar-refractivity contribution is 7.90. The van der Waals surface area contributed by atoms with E-state index in [9.17, 15) is 17.6 Å². The van der Waals surface area contributed by atoms with Gasteiger partial charge in [0.1, 0.15) is 11.6 Å². The summed E-state index contributed by atoms with van der Waals surface area (Å²) in [6.45, 7) is 0.120. The first-order valence-corrected chi connectivity index (χ1v) is 11.4. The molecule has 0 bridgehead atoms. The van der Waals surface area contributed by atoms with E-state index in [1.807, 2.05) is 0 Å². The number of ether oxygens (including phenoxy) is 1. The molecule has 32 heavy (non-hydrogen) atoms. The normalized spacial score (nSPS) is 11.5. The molecule has 8 nitrogen and oxygen atoms in total. The van der Waals surface area contributed by atoms with E-state index in [1.165, 1.54) is 37.6 Å².